The average molecular weight is 298 g/mol. The molecule has 2 rings (SSSR count). The van der Waals surface area contributed by atoms with Crippen molar-refractivity contribution in [2.45, 2.75) is 25.9 Å². The van der Waals surface area contributed by atoms with E-state index in [4.69, 9.17) is 15.2 Å². The lowest BCUT2D eigenvalue weighted by Crippen LogP contribution is -2.19. The quantitative estimate of drug-likeness (QED) is 0.637. The Labute approximate surface area is 121 Å². The zero-order chi connectivity index (χ0) is 14.7. The molecular weight excluding hydrogens is 280 g/mol. The lowest BCUT2D eigenvalue weighted by Gasteiger charge is -2.11. The molecule has 3 N–H and O–H groups in total. The second-order valence-corrected chi connectivity index (χ2v) is 5.63. The average Bonchev–Trinajstić information content (AvgIpc) is 3.03. The molecule has 0 bridgehead atoms. The third-order valence-corrected chi connectivity index (χ3v) is 4.43. The lowest BCUT2D eigenvalue weighted by atomic mass is 10.2. The molecular formula is C13H18N2O4S. The van der Waals surface area contributed by atoms with Crippen LogP contribution in [0.4, 0.5) is 10.7 Å². The second kappa shape index (κ2) is 6.23. The zero-order valence-electron chi connectivity index (χ0n) is 11.5. The molecule has 0 aliphatic carbocycles. The summed E-state index contributed by atoms with van der Waals surface area (Å²) in [7, 11) is 1.29. The molecule has 0 radical (unpaired) electrons. The van der Waals surface area contributed by atoms with E-state index in [9.17, 15) is 9.59 Å². The minimum Gasteiger partial charge on any atom is -0.465 e. The minimum atomic E-state index is -0.541. The maximum atomic E-state index is 11.8. The molecule has 0 amide bonds. The standard InChI is InChI=1S/C13H18N2O4S/c1-7(16)11-10(14)9(13(17)18-2)12(20-11)15-6-8-4-3-5-19-8/h8,15H,3-6,14H2,1-2H3. The van der Waals surface area contributed by atoms with Gasteiger partial charge in [0, 0.05) is 20.1 Å². The molecule has 1 aromatic rings. The number of carbonyl (C=O) groups is 2. The largest absolute Gasteiger partial charge is 0.465 e. The Morgan fingerprint density at radius 3 is 2.85 bits per heavy atom. The van der Waals surface area contributed by atoms with Gasteiger partial charge in [-0.05, 0) is 12.8 Å². The topological polar surface area (TPSA) is 90.6 Å². The zero-order valence-corrected chi connectivity index (χ0v) is 12.3. The van der Waals surface area contributed by atoms with Crippen LogP contribution in [0.3, 0.4) is 0 Å². The Morgan fingerprint density at radius 2 is 2.30 bits per heavy atom. The highest BCUT2D eigenvalue weighted by atomic mass is 32.1. The molecule has 1 unspecified atom stereocenters. The first-order valence-electron chi connectivity index (χ1n) is 6.41. The molecule has 0 saturated carbocycles. The number of anilines is 2. The van der Waals surface area contributed by atoms with E-state index in [1.165, 1.54) is 25.4 Å². The molecule has 6 nitrogen and oxygen atoms in total. The van der Waals surface area contributed by atoms with Crippen LogP contribution < -0.4 is 11.1 Å². The minimum absolute atomic E-state index is 0.129. The molecule has 7 heteroatoms. The summed E-state index contributed by atoms with van der Waals surface area (Å²) in [6.45, 7) is 2.77. The number of hydrogen-bond donors (Lipinski definition) is 2. The van der Waals surface area contributed by atoms with E-state index in [1.807, 2.05) is 0 Å². The van der Waals surface area contributed by atoms with E-state index >= 15 is 0 Å². The van der Waals surface area contributed by atoms with E-state index < -0.39 is 5.97 Å². The number of methoxy groups -OCH3 is 1. The summed E-state index contributed by atoms with van der Waals surface area (Å²) in [6, 6.07) is 0. The first-order chi connectivity index (χ1) is 9.54. The van der Waals surface area contributed by atoms with Crippen LogP contribution >= 0.6 is 11.3 Å². The Hall–Kier alpha value is -1.60. The van der Waals surface area contributed by atoms with E-state index in [0.717, 1.165) is 19.4 Å². The van der Waals surface area contributed by atoms with Gasteiger partial charge in [0.25, 0.3) is 0 Å². The number of nitrogens with one attached hydrogen (secondary N) is 1. The van der Waals surface area contributed by atoms with E-state index in [1.54, 1.807) is 0 Å². The fourth-order valence-corrected chi connectivity index (χ4v) is 3.16. The van der Waals surface area contributed by atoms with Gasteiger partial charge in [0.1, 0.15) is 10.6 Å². The number of carbonyl (C=O) groups excluding carboxylic acids is 2. The Kier molecular flexibility index (Phi) is 4.61. The van der Waals surface area contributed by atoms with Crippen molar-refractivity contribution in [1.82, 2.24) is 0 Å². The predicted molar refractivity (Wildman–Crippen MR) is 77.5 cm³/mol. The normalized spacial score (nSPS) is 18.0. The van der Waals surface area contributed by atoms with Crippen molar-refractivity contribution >= 4 is 33.8 Å². The van der Waals surface area contributed by atoms with Crippen LogP contribution in [-0.4, -0.2) is 38.1 Å². The van der Waals surface area contributed by atoms with Gasteiger partial charge in [-0.15, -0.1) is 11.3 Å². The Bertz CT molecular complexity index is 521. The summed E-state index contributed by atoms with van der Waals surface area (Å²) in [5.41, 5.74) is 6.30. The van der Waals surface area contributed by atoms with Crippen molar-refractivity contribution in [3.8, 4) is 0 Å². The van der Waals surface area contributed by atoms with Crippen LogP contribution in [0.1, 0.15) is 39.8 Å². The van der Waals surface area contributed by atoms with E-state index in [-0.39, 0.29) is 23.1 Å². The van der Waals surface area contributed by atoms with Gasteiger partial charge in [0.05, 0.1) is 23.8 Å². The number of nitrogen functional groups attached to an aromatic ring is 1. The summed E-state index contributed by atoms with van der Waals surface area (Å²) in [5, 5.41) is 3.71. The van der Waals surface area contributed by atoms with Crippen molar-refractivity contribution in [3.05, 3.63) is 10.4 Å². The van der Waals surface area contributed by atoms with Crippen molar-refractivity contribution in [1.29, 1.82) is 0 Å². The molecule has 1 fully saturated rings. The number of thiophene rings is 1. The van der Waals surface area contributed by atoms with Crippen LogP contribution in [0.2, 0.25) is 0 Å². The number of ether oxygens (including phenoxy) is 2. The van der Waals surface area contributed by atoms with Gasteiger partial charge in [-0.3, -0.25) is 4.79 Å². The lowest BCUT2D eigenvalue weighted by molar-refractivity contribution is 0.0603. The smallest absolute Gasteiger partial charge is 0.343 e. The van der Waals surface area contributed by atoms with Crippen LogP contribution in [-0.2, 0) is 9.47 Å². The van der Waals surface area contributed by atoms with Gasteiger partial charge in [0.2, 0.25) is 0 Å². The van der Waals surface area contributed by atoms with E-state index in [2.05, 4.69) is 5.32 Å². The number of hydrogen-bond acceptors (Lipinski definition) is 7. The summed E-state index contributed by atoms with van der Waals surface area (Å²) in [4.78, 5) is 23.7. The highest BCUT2D eigenvalue weighted by molar-refractivity contribution is 7.19. The molecule has 110 valence electrons. The van der Waals surface area contributed by atoms with Crippen molar-refractivity contribution in [3.63, 3.8) is 0 Å². The van der Waals surface area contributed by atoms with Crippen LogP contribution in [0.15, 0.2) is 0 Å². The number of rotatable bonds is 5. The van der Waals surface area contributed by atoms with Gasteiger partial charge in [-0.2, -0.15) is 0 Å². The van der Waals surface area contributed by atoms with Gasteiger partial charge in [-0.1, -0.05) is 0 Å². The highest BCUT2D eigenvalue weighted by Crippen LogP contribution is 2.36. The highest BCUT2D eigenvalue weighted by Gasteiger charge is 2.25. The van der Waals surface area contributed by atoms with Gasteiger partial charge >= 0.3 is 5.97 Å². The first kappa shape index (κ1) is 14.8. The molecule has 20 heavy (non-hydrogen) atoms. The monoisotopic (exact) mass is 298 g/mol. The molecule has 1 aromatic heterocycles. The summed E-state index contributed by atoms with van der Waals surface area (Å²) < 4.78 is 10.2. The fourth-order valence-electron chi connectivity index (χ4n) is 2.15. The summed E-state index contributed by atoms with van der Waals surface area (Å²) in [5.74, 6) is -0.705. The SMILES string of the molecule is COC(=O)c1c(NCC2CCCO2)sc(C(C)=O)c1N. The molecule has 2 heterocycles. The summed E-state index contributed by atoms with van der Waals surface area (Å²) >= 11 is 1.18. The number of Topliss-reactive ketones (excluding diaryl/α,β-unsaturated/α-hetero) is 1. The van der Waals surface area contributed by atoms with Crippen LogP contribution in [0.5, 0.6) is 0 Å². The van der Waals surface area contributed by atoms with E-state index in [0.29, 0.717) is 16.4 Å². The molecule has 0 aromatic carbocycles. The molecule has 0 spiro atoms. The Balaban J connectivity index is 2.22. The number of nitrogens with two attached hydrogens (primary N) is 1. The van der Waals surface area contributed by atoms with Crippen molar-refractivity contribution in [2.24, 2.45) is 0 Å². The molecule has 1 saturated heterocycles. The molecule has 1 aliphatic rings. The fraction of sp³-hybridized carbons (Fsp3) is 0.538. The second-order valence-electron chi connectivity index (χ2n) is 4.61. The van der Waals surface area contributed by atoms with Gasteiger partial charge in [-0.25, -0.2) is 4.79 Å². The maximum absolute atomic E-state index is 11.8. The third-order valence-electron chi connectivity index (χ3n) is 3.17. The van der Waals surface area contributed by atoms with Crippen LogP contribution in [0.25, 0.3) is 0 Å². The Morgan fingerprint density at radius 1 is 1.55 bits per heavy atom. The number of esters is 1. The molecule has 1 atom stereocenters. The predicted octanol–water partition coefficient (Wildman–Crippen LogP) is 1.91. The summed E-state index contributed by atoms with van der Waals surface area (Å²) in [6.07, 6.45) is 2.16. The molecule has 1 aliphatic heterocycles. The third kappa shape index (κ3) is 2.94. The van der Waals surface area contributed by atoms with Crippen molar-refractivity contribution < 1.29 is 19.1 Å². The number of ketones is 1. The maximum Gasteiger partial charge on any atom is 0.343 e. The van der Waals surface area contributed by atoms with Crippen LogP contribution in [0, 0.1) is 0 Å². The van der Waals surface area contributed by atoms with Gasteiger partial charge < -0.3 is 20.5 Å². The van der Waals surface area contributed by atoms with Crippen molar-refractivity contribution in [2.75, 3.05) is 31.3 Å². The first-order valence-corrected chi connectivity index (χ1v) is 7.23. The van der Waals surface area contributed by atoms with Gasteiger partial charge in [0.15, 0.2) is 5.78 Å².